The first-order chi connectivity index (χ1) is 8.31. The third-order valence-corrected chi connectivity index (χ3v) is 2.46. The molecule has 0 radical (unpaired) electrons. The largest absolute Gasteiger partial charge is 0.306 e. The topological polar surface area (TPSA) is 34.9 Å². The maximum Gasteiger partial charge on any atom is 0.185 e. The van der Waals surface area contributed by atoms with Crippen LogP contribution < -0.4 is 0 Å². The van der Waals surface area contributed by atoms with Crippen molar-refractivity contribution >= 4 is 5.78 Å². The van der Waals surface area contributed by atoms with E-state index in [9.17, 15) is 4.79 Å². The van der Waals surface area contributed by atoms with Crippen LogP contribution >= 0.6 is 0 Å². The highest BCUT2D eigenvalue weighted by Crippen LogP contribution is 2.10. The summed E-state index contributed by atoms with van der Waals surface area (Å²) >= 11 is 0. The zero-order valence-corrected chi connectivity index (χ0v) is 9.71. The van der Waals surface area contributed by atoms with Gasteiger partial charge in [0, 0.05) is 23.6 Å². The van der Waals surface area contributed by atoms with Crippen molar-refractivity contribution in [2.24, 2.45) is 0 Å². The van der Waals surface area contributed by atoms with Gasteiger partial charge in [-0.3, -0.25) is 4.79 Å². The standard InChI is InChI=1S/C14H14N2O/c1-2-3-4-14(17)12-5-7-13(8-6-12)16-10-9-15-11-16/h3-11H,2H2,1H3/b4-3+. The molecule has 0 amide bonds. The summed E-state index contributed by atoms with van der Waals surface area (Å²) in [6.07, 6.45) is 9.68. The third-order valence-electron chi connectivity index (χ3n) is 2.46. The van der Waals surface area contributed by atoms with Crippen LogP contribution in [0.15, 0.2) is 55.1 Å². The molecular formula is C14H14N2O. The van der Waals surface area contributed by atoms with E-state index in [1.165, 1.54) is 0 Å². The SMILES string of the molecule is CC/C=C/C(=O)c1ccc(-n2ccnc2)cc1. The predicted molar refractivity (Wildman–Crippen MR) is 67.3 cm³/mol. The van der Waals surface area contributed by atoms with Crippen molar-refractivity contribution in [1.29, 1.82) is 0 Å². The second-order valence-corrected chi connectivity index (χ2v) is 3.69. The molecule has 0 spiro atoms. The number of allylic oxidation sites excluding steroid dienone is 2. The van der Waals surface area contributed by atoms with Gasteiger partial charge in [0.1, 0.15) is 0 Å². The van der Waals surface area contributed by atoms with Gasteiger partial charge in [-0.05, 0) is 36.8 Å². The average molecular weight is 226 g/mol. The molecule has 1 heterocycles. The number of aromatic nitrogens is 2. The van der Waals surface area contributed by atoms with Gasteiger partial charge in [-0.25, -0.2) is 4.98 Å². The molecule has 2 rings (SSSR count). The van der Waals surface area contributed by atoms with Crippen molar-refractivity contribution < 1.29 is 4.79 Å². The molecule has 3 nitrogen and oxygen atoms in total. The van der Waals surface area contributed by atoms with Crippen molar-refractivity contribution in [3.05, 3.63) is 60.7 Å². The fourth-order valence-corrected chi connectivity index (χ4v) is 1.53. The van der Waals surface area contributed by atoms with Crippen LogP contribution in [0, 0.1) is 0 Å². The molecule has 0 bridgehead atoms. The van der Waals surface area contributed by atoms with Gasteiger partial charge in [0.25, 0.3) is 0 Å². The lowest BCUT2D eigenvalue weighted by atomic mass is 10.1. The Kier molecular flexibility index (Phi) is 3.50. The lowest BCUT2D eigenvalue weighted by Crippen LogP contribution is -1.96. The van der Waals surface area contributed by atoms with E-state index >= 15 is 0 Å². The molecule has 17 heavy (non-hydrogen) atoms. The van der Waals surface area contributed by atoms with E-state index in [1.807, 2.05) is 48.0 Å². The molecule has 0 fully saturated rings. The van der Waals surface area contributed by atoms with Crippen LogP contribution in [-0.2, 0) is 0 Å². The lowest BCUT2D eigenvalue weighted by Gasteiger charge is -2.02. The normalized spacial score (nSPS) is 10.9. The van der Waals surface area contributed by atoms with Gasteiger partial charge in [0.15, 0.2) is 5.78 Å². The Labute approximate surface area is 100 Å². The number of carbonyl (C=O) groups is 1. The summed E-state index contributed by atoms with van der Waals surface area (Å²) in [7, 11) is 0. The van der Waals surface area contributed by atoms with Gasteiger partial charge in [-0.1, -0.05) is 13.0 Å². The summed E-state index contributed by atoms with van der Waals surface area (Å²) in [5, 5.41) is 0. The highest BCUT2D eigenvalue weighted by molar-refractivity contribution is 6.04. The van der Waals surface area contributed by atoms with Crippen molar-refractivity contribution in [3.63, 3.8) is 0 Å². The number of carbonyl (C=O) groups excluding carboxylic acids is 1. The summed E-state index contributed by atoms with van der Waals surface area (Å²) < 4.78 is 1.90. The summed E-state index contributed by atoms with van der Waals surface area (Å²) in [6.45, 7) is 2.01. The first-order valence-corrected chi connectivity index (χ1v) is 5.60. The van der Waals surface area contributed by atoms with Gasteiger partial charge in [-0.2, -0.15) is 0 Å². The number of ketones is 1. The van der Waals surface area contributed by atoms with Crippen molar-refractivity contribution in [2.45, 2.75) is 13.3 Å². The first kappa shape index (κ1) is 11.3. The Hall–Kier alpha value is -2.16. The van der Waals surface area contributed by atoms with Gasteiger partial charge in [-0.15, -0.1) is 0 Å². The Balaban J connectivity index is 2.19. The van der Waals surface area contributed by atoms with Crippen LogP contribution in [0.1, 0.15) is 23.7 Å². The van der Waals surface area contributed by atoms with E-state index in [2.05, 4.69) is 4.98 Å². The Morgan fingerprint density at radius 2 is 2.12 bits per heavy atom. The number of hydrogen-bond acceptors (Lipinski definition) is 2. The number of hydrogen-bond donors (Lipinski definition) is 0. The van der Waals surface area contributed by atoms with Crippen LogP contribution in [0.25, 0.3) is 5.69 Å². The molecular weight excluding hydrogens is 212 g/mol. The predicted octanol–water partition coefficient (Wildman–Crippen LogP) is 3.02. The highest BCUT2D eigenvalue weighted by Gasteiger charge is 2.01. The molecule has 86 valence electrons. The molecule has 0 aliphatic rings. The number of rotatable bonds is 4. The summed E-state index contributed by atoms with van der Waals surface area (Å²) in [5.74, 6) is 0.0454. The minimum atomic E-state index is 0.0454. The Morgan fingerprint density at radius 1 is 1.35 bits per heavy atom. The zero-order chi connectivity index (χ0) is 12.1. The number of imidazole rings is 1. The molecule has 2 aromatic rings. The molecule has 0 aliphatic carbocycles. The Morgan fingerprint density at radius 3 is 2.71 bits per heavy atom. The minimum absolute atomic E-state index is 0.0454. The van der Waals surface area contributed by atoms with Crippen LogP contribution in [0.2, 0.25) is 0 Å². The molecule has 3 heteroatoms. The van der Waals surface area contributed by atoms with Crippen molar-refractivity contribution in [3.8, 4) is 5.69 Å². The van der Waals surface area contributed by atoms with Crippen LogP contribution in [0.5, 0.6) is 0 Å². The second-order valence-electron chi connectivity index (χ2n) is 3.69. The second kappa shape index (κ2) is 5.25. The Bertz CT molecular complexity index is 510. The van der Waals surface area contributed by atoms with E-state index in [4.69, 9.17) is 0 Å². The molecule has 0 unspecified atom stereocenters. The molecule has 1 aromatic heterocycles. The smallest absolute Gasteiger partial charge is 0.185 e. The maximum atomic E-state index is 11.7. The maximum absolute atomic E-state index is 11.7. The first-order valence-electron chi connectivity index (χ1n) is 5.60. The molecule has 0 saturated heterocycles. The number of nitrogens with zero attached hydrogens (tertiary/aromatic N) is 2. The zero-order valence-electron chi connectivity index (χ0n) is 9.71. The molecule has 0 aliphatic heterocycles. The van der Waals surface area contributed by atoms with Gasteiger partial charge in [0.05, 0.1) is 6.33 Å². The monoisotopic (exact) mass is 226 g/mol. The van der Waals surface area contributed by atoms with E-state index in [0.717, 1.165) is 12.1 Å². The third kappa shape index (κ3) is 2.69. The van der Waals surface area contributed by atoms with Gasteiger partial charge < -0.3 is 4.57 Å². The summed E-state index contributed by atoms with van der Waals surface area (Å²) in [5.41, 5.74) is 1.71. The fraction of sp³-hybridized carbons (Fsp3) is 0.143. The van der Waals surface area contributed by atoms with E-state index < -0.39 is 0 Å². The lowest BCUT2D eigenvalue weighted by molar-refractivity contribution is 0.104. The minimum Gasteiger partial charge on any atom is -0.306 e. The fourth-order valence-electron chi connectivity index (χ4n) is 1.53. The average Bonchev–Trinajstić information content (AvgIpc) is 2.90. The van der Waals surface area contributed by atoms with Gasteiger partial charge in [0.2, 0.25) is 0 Å². The van der Waals surface area contributed by atoms with Gasteiger partial charge >= 0.3 is 0 Å². The van der Waals surface area contributed by atoms with Crippen LogP contribution in [0.3, 0.4) is 0 Å². The van der Waals surface area contributed by atoms with E-state index in [0.29, 0.717) is 5.56 Å². The summed E-state index contributed by atoms with van der Waals surface area (Å²) in [4.78, 5) is 15.7. The number of benzene rings is 1. The van der Waals surface area contributed by atoms with Crippen molar-refractivity contribution in [1.82, 2.24) is 9.55 Å². The van der Waals surface area contributed by atoms with Crippen molar-refractivity contribution in [2.75, 3.05) is 0 Å². The summed E-state index contributed by atoms with van der Waals surface area (Å²) in [6, 6.07) is 7.48. The molecule has 0 N–H and O–H groups in total. The van der Waals surface area contributed by atoms with Crippen LogP contribution in [0.4, 0.5) is 0 Å². The van der Waals surface area contributed by atoms with E-state index in [1.54, 1.807) is 18.6 Å². The highest BCUT2D eigenvalue weighted by atomic mass is 16.1. The molecule has 0 atom stereocenters. The van der Waals surface area contributed by atoms with E-state index in [-0.39, 0.29) is 5.78 Å². The molecule has 0 saturated carbocycles. The quantitative estimate of drug-likeness (QED) is 0.593. The molecule has 1 aromatic carbocycles. The van der Waals surface area contributed by atoms with Crippen LogP contribution in [-0.4, -0.2) is 15.3 Å².